The molecule has 10 nitrogen and oxygen atoms in total. The molecule has 2 fully saturated rings. The molecule has 8 rings (SSSR count). The van der Waals surface area contributed by atoms with Crippen LogP contribution in [0.25, 0.3) is 45.0 Å². The third kappa shape index (κ3) is 9.09. The molecular formula is C51H60N6O4. The maximum absolute atomic E-state index is 13.0. The third-order valence-corrected chi connectivity index (χ3v) is 11.7. The number of likely N-dealkylation sites (tertiary alicyclic amines) is 2. The highest BCUT2D eigenvalue weighted by Crippen LogP contribution is 2.39. The van der Waals surface area contributed by atoms with E-state index in [1.807, 2.05) is 52.6 Å². The zero-order chi connectivity index (χ0) is 43.3. The zero-order valence-corrected chi connectivity index (χ0v) is 37.2. The first kappa shape index (κ1) is 41.8. The van der Waals surface area contributed by atoms with Crippen LogP contribution >= 0.6 is 0 Å². The summed E-state index contributed by atoms with van der Waals surface area (Å²) in [5.41, 5.74) is 10.7. The van der Waals surface area contributed by atoms with Gasteiger partial charge in [0, 0.05) is 42.7 Å². The number of aromatic nitrogens is 3. The van der Waals surface area contributed by atoms with Gasteiger partial charge in [-0.2, -0.15) is 0 Å². The highest BCUT2D eigenvalue weighted by atomic mass is 16.6. The number of hydrogen-bond donors (Lipinski definition) is 1. The van der Waals surface area contributed by atoms with E-state index in [9.17, 15) is 9.59 Å². The van der Waals surface area contributed by atoms with Crippen molar-refractivity contribution in [1.82, 2.24) is 24.3 Å². The van der Waals surface area contributed by atoms with Crippen LogP contribution in [0.5, 0.6) is 0 Å². The first-order valence-corrected chi connectivity index (χ1v) is 21.8. The van der Waals surface area contributed by atoms with Gasteiger partial charge in [0.05, 0.1) is 35.4 Å². The van der Waals surface area contributed by atoms with Gasteiger partial charge < -0.3 is 19.0 Å². The quantitative estimate of drug-likeness (QED) is 0.176. The van der Waals surface area contributed by atoms with Crippen LogP contribution in [-0.4, -0.2) is 72.6 Å². The molecule has 2 amide bonds. The maximum Gasteiger partial charge on any atom is 0.410 e. The van der Waals surface area contributed by atoms with Gasteiger partial charge in [-0.15, -0.1) is 0 Å². The minimum atomic E-state index is -0.555. The van der Waals surface area contributed by atoms with E-state index in [0.29, 0.717) is 13.1 Å². The maximum atomic E-state index is 13.0. The number of H-pyrrole nitrogens is 1. The molecule has 3 aliphatic heterocycles. The smallest absolute Gasteiger partial charge is 0.410 e. The second-order valence-electron chi connectivity index (χ2n) is 19.6. The summed E-state index contributed by atoms with van der Waals surface area (Å²) in [6, 6.07) is 28.2. The first-order chi connectivity index (χ1) is 28.9. The minimum absolute atomic E-state index is 0.0341. The lowest BCUT2D eigenvalue weighted by Gasteiger charge is -2.28. The van der Waals surface area contributed by atoms with Crippen LogP contribution < -0.4 is 0 Å². The molecule has 0 unspecified atom stereocenters. The van der Waals surface area contributed by atoms with E-state index in [1.54, 1.807) is 4.90 Å². The molecular weight excluding hydrogens is 761 g/mol. The van der Waals surface area contributed by atoms with Gasteiger partial charge in [-0.25, -0.2) is 14.6 Å². The Balaban J connectivity index is 1.05. The lowest BCUT2D eigenvalue weighted by atomic mass is 9.86. The van der Waals surface area contributed by atoms with E-state index in [1.165, 1.54) is 5.56 Å². The Morgan fingerprint density at radius 1 is 0.672 bits per heavy atom. The van der Waals surface area contributed by atoms with E-state index in [2.05, 4.69) is 121 Å². The second kappa shape index (κ2) is 16.2. The summed E-state index contributed by atoms with van der Waals surface area (Å²) in [6.07, 6.45) is 9.95. The van der Waals surface area contributed by atoms with Crippen molar-refractivity contribution in [2.75, 3.05) is 13.1 Å². The van der Waals surface area contributed by atoms with Crippen LogP contribution in [0.15, 0.2) is 102 Å². The van der Waals surface area contributed by atoms with Gasteiger partial charge in [0.1, 0.15) is 17.0 Å². The number of rotatable bonds is 7. The fourth-order valence-corrected chi connectivity index (χ4v) is 8.66. The number of aliphatic imine (C=N–C) groups is 1. The first-order valence-electron chi connectivity index (χ1n) is 21.8. The predicted octanol–water partition coefficient (Wildman–Crippen LogP) is 12.2. The Labute approximate surface area is 360 Å². The SMILES string of the molecule is CC(C)(C)OC(=O)N1CCC[C@H]1C1=NC(c2ccc(-n3ccc(-c4ccc(-c5cnc([C@@H]6CCCN6C(=O)OC(C)(C)C)[nH]5)cc4)c3-c3ccc(C(C)(C)C)cc3)cc2)=CC1. The van der Waals surface area contributed by atoms with Crippen LogP contribution in [0, 0.1) is 0 Å². The third-order valence-electron chi connectivity index (χ3n) is 11.7. The van der Waals surface area contributed by atoms with Crippen molar-refractivity contribution in [2.24, 2.45) is 4.99 Å². The topological polar surface area (TPSA) is 105 Å². The number of aromatic amines is 1. The normalized spacial score (nSPS) is 18.4. The van der Waals surface area contributed by atoms with Gasteiger partial charge in [-0.3, -0.25) is 14.8 Å². The zero-order valence-electron chi connectivity index (χ0n) is 37.2. The summed E-state index contributed by atoms with van der Waals surface area (Å²) in [7, 11) is 0. The van der Waals surface area contributed by atoms with Crippen LogP contribution in [0.1, 0.15) is 117 Å². The van der Waals surface area contributed by atoms with Gasteiger partial charge in [0.15, 0.2) is 0 Å². The lowest BCUT2D eigenvalue weighted by Crippen LogP contribution is -2.43. The van der Waals surface area contributed by atoms with Crippen LogP contribution in [0.3, 0.4) is 0 Å². The predicted molar refractivity (Wildman–Crippen MR) is 244 cm³/mol. The van der Waals surface area contributed by atoms with Crippen molar-refractivity contribution < 1.29 is 19.1 Å². The van der Waals surface area contributed by atoms with Gasteiger partial charge in [0.25, 0.3) is 0 Å². The van der Waals surface area contributed by atoms with E-state index in [-0.39, 0.29) is 29.7 Å². The molecule has 0 saturated carbocycles. The van der Waals surface area contributed by atoms with Crippen LogP contribution in [0.4, 0.5) is 9.59 Å². The van der Waals surface area contributed by atoms with E-state index in [4.69, 9.17) is 19.5 Å². The highest BCUT2D eigenvalue weighted by Gasteiger charge is 2.37. The number of hydrogen-bond acceptors (Lipinski definition) is 6. The molecule has 2 atom stereocenters. The van der Waals surface area contributed by atoms with Gasteiger partial charge in [0.2, 0.25) is 0 Å². The number of carbonyl (C=O) groups is 2. The average molecular weight is 821 g/mol. The Hall–Kier alpha value is -5.90. The number of nitrogens with zero attached hydrogens (tertiary/aromatic N) is 5. The van der Waals surface area contributed by atoms with Gasteiger partial charge in [-0.05, 0) is 119 Å². The van der Waals surface area contributed by atoms with Gasteiger partial charge in [-0.1, -0.05) is 87.5 Å². The number of benzene rings is 3. The molecule has 5 aromatic rings. The van der Waals surface area contributed by atoms with Crippen molar-refractivity contribution in [1.29, 1.82) is 0 Å². The molecule has 1 N–H and O–H groups in total. The molecule has 3 aliphatic rings. The minimum Gasteiger partial charge on any atom is -0.444 e. The van der Waals surface area contributed by atoms with Crippen molar-refractivity contribution in [3.05, 3.63) is 114 Å². The fraction of sp³-hybridized carbons (Fsp3) is 0.412. The van der Waals surface area contributed by atoms with E-state index in [0.717, 1.165) is 94.2 Å². The molecule has 61 heavy (non-hydrogen) atoms. The molecule has 0 aliphatic carbocycles. The Bertz CT molecular complexity index is 2450. The summed E-state index contributed by atoms with van der Waals surface area (Å²) in [5.74, 6) is 0.779. The molecule has 3 aromatic carbocycles. The van der Waals surface area contributed by atoms with Crippen molar-refractivity contribution in [3.8, 4) is 39.3 Å². The summed E-state index contributed by atoms with van der Waals surface area (Å²) < 4.78 is 13.7. The molecule has 0 radical (unpaired) electrons. The molecule has 2 aromatic heterocycles. The van der Waals surface area contributed by atoms with Crippen molar-refractivity contribution in [3.63, 3.8) is 0 Å². The standard InChI is InChI=1S/C51H60N6O4/c1-49(2,3)37-22-18-36(19-23-37)45-39(33-14-16-35(17-15-33)42-32-52-46(54-42)44-13-11-30-57(44)48(59)61-51(7,8)9)28-31-55(45)38-24-20-34(21-25-38)40-26-27-41(53-40)43-12-10-29-56(43)47(58)60-50(4,5)6/h14-26,28,31-32,43-44H,10-13,27,29-30H2,1-9H3,(H,52,54)/t43-,44-/m0/s1. The van der Waals surface area contributed by atoms with Crippen molar-refractivity contribution in [2.45, 2.75) is 123 Å². The molecule has 0 spiro atoms. The summed E-state index contributed by atoms with van der Waals surface area (Å²) in [5, 5.41) is 0. The molecule has 10 heteroatoms. The number of allylic oxidation sites excluding steroid dienone is 1. The number of nitrogens with one attached hydrogen (secondary N) is 1. The average Bonchev–Trinajstić information content (AvgIpc) is 4.05. The van der Waals surface area contributed by atoms with Crippen molar-refractivity contribution >= 4 is 23.6 Å². The van der Waals surface area contributed by atoms with Gasteiger partial charge >= 0.3 is 12.2 Å². The van der Waals surface area contributed by atoms with Crippen LogP contribution in [-0.2, 0) is 14.9 Å². The fourth-order valence-electron chi connectivity index (χ4n) is 8.66. The molecule has 318 valence electrons. The summed E-state index contributed by atoms with van der Waals surface area (Å²) in [4.78, 5) is 43.0. The Morgan fingerprint density at radius 3 is 1.84 bits per heavy atom. The van der Waals surface area contributed by atoms with E-state index >= 15 is 0 Å². The monoisotopic (exact) mass is 820 g/mol. The molecule has 0 bridgehead atoms. The van der Waals surface area contributed by atoms with E-state index < -0.39 is 11.2 Å². The Kier molecular flexibility index (Phi) is 11.1. The molecule has 5 heterocycles. The largest absolute Gasteiger partial charge is 0.444 e. The summed E-state index contributed by atoms with van der Waals surface area (Å²) in [6.45, 7) is 19.5. The number of ether oxygens (including phenoxy) is 2. The number of amides is 2. The Morgan fingerprint density at radius 2 is 1.23 bits per heavy atom. The number of carbonyl (C=O) groups excluding carboxylic acids is 2. The molecule has 2 saturated heterocycles. The highest BCUT2D eigenvalue weighted by molar-refractivity contribution is 6.01. The summed E-state index contributed by atoms with van der Waals surface area (Å²) >= 11 is 0. The van der Waals surface area contributed by atoms with Crippen LogP contribution in [0.2, 0.25) is 0 Å². The number of imidazole rings is 1. The lowest BCUT2D eigenvalue weighted by molar-refractivity contribution is 0.0216. The second-order valence-corrected chi connectivity index (χ2v) is 19.6.